The maximum atomic E-state index is 12.2. The van der Waals surface area contributed by atoms with E-state index in [1.807, 2.05) is 25.7 Å². The second-order valence-corrected chi connectivity index (χ2v) is 9.84. The minimum atomic E-state index is -0.435. The summed E-state index contributed by atoms with van der Waals surface area (Å²) in [6, 6.07) is 0. The molecule has 2 aliphatic rings. The van der Waals surface area contributed by atoms with Crippen molar-refractivity contribution >= 4 is 28.7 Å². The van der Waals surface area contributed by atoms with E-state index in [-0.39, 0.29) is 6.09 Å². The molecular formula is C19H31IN4O2. The summed E-state index contributed by atoms with van der Waals surface area (Å²) in [7, 11) is 0. The van der Waals surface area contributed by atoms with E-state index >= 15 is 0 Å². The van der Waals surface area contributed by atoms with Crippen LogP contribution in [0.15, 0.2) is 6.20 Å². The molecule has 6 nitrogen and oxygen atoms in total. The van der Waals surface area contributed by atoms with E-state index in [1.165, 1.54) is 25.9 Å². The molecule has 2 aliphatic heterocycles. The molecule has 0 saturated carbocycles. The van der Waals surface area contributed by atoms with Crippen molar-refractivity contribution in [1.82, 2.24) is 19.8 Å². The fourth-order valence-corrected chi connectivity index (χ4v) is 4.68. The Kier molecular flexibility index (Phi) is 6.48. The van der Waals surface area contributed by atoms with Crippen LogP contribution in [0.25, 0.3) is 0 Å². The van der Waals surface area contributed by atoms with Crippen LogP contribution in [-0.4, -0.2) is 61.7 Å². The van der Waals surface area contributed by atoms with Crippen LogP contribution in [-0.2, 0) is 11.2 Å². The van der Waals surface area contributed by atoms with Crippen LogP contribution in [0.5, 0.6) is 0 Å². The van der Waals surface area contributed by atoms with Crippen LogP contribution in [0, 0.1) is 0 Å². The number of nitrogens with one attached hydrogen (secondary N) is 1. The third-order valence-corrected chi connectivity index (χ3v) is 6.33. The van der Waals surface area contributed by atoms with Gasteiger partial charge in [-0.1, -0.05) is 22.6 Å². The number of aromatic nitrogens is 2. The number of imidazole rings is 1. The predicted molar refractivity (Wildman–Crippen MR) is 111 cm³/mol. The molecule has 1 atom stereocenters. The van der Waals surface area contributed by atoms with E-state index in [0.29, 0.717) is 9.97 Å². The van der Waals surface area contributed by atoms with Gasteiger partial charge in [-0.25, -0.2) is 9.78 Å². The Morgan fingerprint density at radius 2 is 1.96 bits per heavy atom. The van der Waals surface area contributed by atoms with E-state index in [2.05, 4.69) is 38.7 Å². The van der Waals surface area contributed by atoms with Gasteiger partial charge in [-0.2, -0.15) is 0 Å². The largest absolute Gasteiger partial charge is 0.444 e. The Balaban J connectivity index is 1.49. The lowest BCUT2D eigenvalue weighted by Gasteiger charge is -2.32. The highest BCUT2D eigenvalue weighted by Crippen LogP contribution is 2.28. The van der Waals surface area contributed by atoms with E-state index < -0.39 is 5.60 Å². The average molecular weight is 474 g/mol. The minimum absolute atomic E-state index is 0.200. The fraction of sp³-hybridized carbons (Fsp3) is 0.789. The Hall–Kier alpha value is -0.830. The van der Waals surface area contributed by atoms with Crippen LogP contribution >= 0.6 is 22.6 Å². The molecule has 26 heavy (non-hydrogen) atoms. The standard InChI is InChI=1S/C19H31IN4O2/c1-19(2,3)26-18(25)24-10-6-14(7-11-24)17-21-13-15(22-17)12-16(20)23-8-4-5-9-23/h13-14,16H,4-12H2,1-3H3,(H,21,22). The number of nitrogens with zero attached hydrogens (tertiary/aromatic N) is 3. The van der Waals surface area contributed by atoms with Gasteiger partial charge in [-0.3, -0.25) is 4.90 Å². The highest BCUT2D eigenvalue weighted by atomic mass is 127. The highest BCUT2D eigenvalue weighted by Gasteiger charge is 2.29. The van der Waals surface area contributed by atoms with E-state index in [1.54, 1.807) is 0 Å². The minimum Gasteiger partial charge on any atom is -0.444 e. The molecule has 2 fully saturated rings. The SMILES string of the molecule is CC(C)(C)OC(=O)N1CCC(c2nc(CC(I)N3CCCC3)c[nH]2)CC1. The predicted octanol–water partition coefficient (Wildman–Crippen LogP) is 3.92. The van der Waals surface area contributed by atoms with Gasteiger partial charge in [0.25, 0.3) is 0 Å². The highest BCUT2D eigenvalue weighted by molar-refractivity contribution is 14.1. The second kappa shape index (κ2) is 8.46. The number of piperidine rings is 1. The van der Waals surface area contributed by atoms with E-state index in [9.17, 15) is 4.79 Å². The summed E-state index contributed by atoms with van der Waals surface area (Å²) in [5.41, 5.74) is 0.718. The molecule has 3 heterocycles. The zero-order valence-corrected chi connectivity index (χ0v) is 18.3. The number of halogens is 1. The number of carbonyl (C=O) groups is 1. The van der Waals surface area contributed by atoms with Crippen LogP contribution in [0.4, 0.5) is 4.79 Å². The molecule has 1 aromatic heterocycles. The van der Waals surface area contributed by atoms with Gasteiger partial charge >= 0.3 is 6.09 Å². The first-order chi connectivity index (χ1) is 12.3. The smallest absolute Gasteiger partial charge is 0.410 e. The van der Waals surface area contributed by atoms with Gasteiger partial charge in [0.15, 0.2) is 0 Å². The number of likely N-dealkylation sites (tertiary alicyclic amines) is 2. The maximum Gasteiger partial charge on any atom is 0.410 e. The number of carbonyl (C=O) groups excluding carboxylic acids is 1. The van der Waals surface area contributed by atoms with Gasteiger partial charge in [0.2, 0.25) is 0 Å². The summed E-state index contributed by atoms with van der Waals surface area (Å²) in [6.07, 6.45) is 7.38. The number of alkyl halides is 1. The van der Waals surface area contributed by atoms with Crippen molar-refractivity contribution in [1.29, 1.82) is 0 Å². The van der Waals surface area contributed by atoms with Crippen molar-refractivity contribution in [3.8, 4) is 0 Å². The molecule has 1 amide bonds. The molecule has 0 spiro atoms. The molecule has 0 bridgehead atoms. The van der Waals surface area contributed by atoms with Crippen LogP contribution < -0.4 is 0 Å². The lowest BCUT2D eigenvalue weighted by atomic mass is 9.96. The summed E-state index contributed by atoms with van der Waals surface area (Å²) >= 11 is 2.55. The Morgan fingerprint density at radius 1 is 1.31 bits per heavy atom. The van der Waals surface area contributed by atoms with Crippen LogP contribution in [0.2, 0.25) is 0 Å². The summed E-state index contributed by atoms with van der Waals surface area (Å²) in [5.74, 6) is 1.48. The number of rotatable bonds is 4. The average Bonchev–Trinajstić information content (AvgIpc) is 3.25. The molecule has 146 valence electrons. The Labute approximate surface area is 170 Å². The fourth-order valence-electron chi connectivity index (χ4n) is 3.68. The van der Waals surface area contributed by atoms with Crippen molar-refractivity contribution in [2.45, 2.75) is 68.4 Å². The number of hydrogen-bond acceptors (Lipinski definition) is 4. The molecule has 0 aliphatic carbocycles. The first kappa shape index (κ1) is 19.9. The molecule has 3 rings (SSSR count). The van der Waals surface area contributed by atoms with Crippen LogP contribution in [0.3, 0.4) is 0 Å². The van der Waals surface area contributed by atoms with Gasteiger partial charge in [-0.05, 0) is 59.5 Å². The number of H-pyrrole nitrogens is 1. The number of ether oxygens (including phenoxy) is 1. The van der Waals surface area contributed by atoms with E-state index in [4.69, 9.17) is 9.72 Å². The van der Waals surface area contributed by atoms with Gasteiger partial charge in [0.1, 0.15) is 11.4 Å². The van der Waals surface area contributed by atoms with Gasteiger partial charge in [-0.15, -0.1) is 0 Å². The molecule has 1 unspecified atom stereocenters. The third kappa shape index (κ3) is 5.34. The Morgan fingerprint density at radius 3 is 2.58 bits per heavy atom. The monoisotopic (exact) mass is 474 g/mol. The third-order valence-electron chi connectivity index (χ3n) is 5.10. The van der Waals surface area contributed by atoms with Gasteiger partial charge < -0.3 is 14.6 Å². The Bertz CT molecular complexity index is 599. The van der Waals surface area contributed by atoms with E-state index in [0.717, 1.165) is 43.9 Å². The van der Waals surface area contributed by atoms with Crippen molar-refractivity contribution in [2.75, 3.05) is 26.2 Å². The molecular weight excluding hydrogens is 443 g/mol. The van der Waals surface area contributed by atoms with Gasteiger partial charge in [0, 0.05) is 31.6 Å². The summed E-state index contributed by atoms with van der Waals surface area (Å²) in [4.78, 5) is 24.8. The molecule has 0 radical (unpaired) electrons. The quantitative estimate of drug-likeness (QED) is 0.408. The number of hydrogen-bond donors (Lipinski definition) is 1. The second-order valence-electron chi connectivity index (χ2n) is 8.40. The molecule has 2 saturated heterocycles. The molecule has 1 aromatic rings. The molecule has 0 aromatic carbocycles. The maximum absolute atomic E-state index is 12.2. The van der Waals surface area contributed by atoms with Crippen molar-refractivity contribution in [3.63, 3.8) is 0 Å². The lowest BCUT2D eigenvalue weighted by Crippen LogP contribution is -2.41. The summed E-state index contributed by atoms with van der Waals surface area (Å²) in [6.45, 7) is 9.62. The number of aromatic amines is 1. The summed E-state index contributed by atoms with van der Waals surface area (Å²) < 4.78 is 6.00. The molecule has 7 heteroatoms. The van der Waals surface area contributed by atoms with Gasteiger partial charge in [0.05, 0.1) is 9.74 Å². The first-order valence-corrected chi connectivity index (χ1v) is 11.0. The molecule has 1 N–H and O–H groups in total. The normalized spacial score (nSPS) is 21.2. The van der Waals surface area contributed by atoms with Crippen molar-refractivity contribution in [2.24, 2.45) is 0 Å². The van der Waals surface area contributed by atoms with Crippen molar-refractivity contribution in [3.05, 3.63) is 17.7 Å². The zero-order chi connectivity index (χ0) is 18.7. The number of amides is 1. The zero-order valence-electron chi connectivity index (χ0n) is 16.1. The van der Waals surface area contributed by atoms with Crippen molar-refractivity contribution < 1.29 is 9.53 Å². The van der Waals surface area contributed by atoms with Crippen LogP contribution in [0.1, 0.15) is 63.9 Å². The topological polar surface area (TPSA) is 61.5 Å². The first-order valence-electron chi connectivity index (χ1n) is 9.72. The lowest BCUT2D eigenvalue weighted by molar-refractivity contribution is 0.0203. The summed E-state index contributed by atoms with van der Waals surface area (Å²) in [5, 5.41) is 0.